The number of nitrogens with one attached hydrogen (secondary N) is 1. The molecule has 20 heavy (non-hydrogen) atoms. The van der Waals surface area contributed by atoms with Crippen LogP contribution in [0.2, 0.25) is 0 Å². The molecule has 1 unspecified atom stereocenters. The highest BCUT2D eigenvalue weighted by molar-refractivity contribution is 5.76. The Balaban J connectivity index is 2.21. The molecule has 2 aromatic rings. The van der Waals surface area contributed by atoms with E-state index in [2.05, 4.69) is 5.32 Å². The van der Waals surface area contributed by atoms with E-state index in [0.29, 0.717) is 11.3 Å². The van der Waals surface area contributed by atoms with E-state index in [-0.39, 0.29) is 11.5 Å². The van der Waals surface area contributed by atoms with E-state index in [1.807, 2.05) is 0 Å². The summed E-state index contributed by atoms with van der Waals surface area (Å²) >= 11 is 0. The molecule has 0 aliphatic heterocycles. The van der Waals surface area contributed by atoms with Crippen LogP contribution in [0.15, 0.2) is 42.5 Å². The number of aliphatic carboxylic acids is 1. The maximum Gasteiger partial charge on any atom is 0.310 e. The first-order valence-electron chi connectivity index (χ1n) is 6.02. The Hall–Kier alpha value is -2.43. The van der Waals surface area contributed by atoms with Crippen LogP contribution >= 0.6 is 0 Å². The molecule has 2 rings (SSSR count). The Morgan fingerprint density at radius 2 is 1.80 bits per heavy atom. The lowest BCUT2D eigenvalue weighted by atomic mass is 10.0. The normalized spacial score (nSPS) is 11.9. The maximum absolute atomic E-state index is 13.9. The first-order chi connectivity index (χ1) is 9.47. The van der Waals surface area contributed by atoms with E-state index in [4.69, 9.17) is 5.11 Å². The van der Waals surface area contributed by atoms with Crippen LogP contribution in [0.1, 0.15) is 18.4 Å². The molecule has 0 heterocycles. The summed E-state index contributed by atoms with van der Waals surface area (Å²) in [6, 6.07) is 9.71. The molecule has 0 fully saturated rings. The maximum atomic E-state index is 13.9. The van der Waals surface area contributed by atoms with E-state index in [1.54, 1.807) is 6.07 Å². The third-order valence-corrected chi connectivity index (χ3v) is 2.99. The minimum atomic E-state index is -1.01. The van der Waals surface area contributed by atoms with Crippen molar-refractivity contribution in [2.24, 2.45) is 0 Å². The van der Waals surface area contributed by atoms with Crippen LogP contribution in [0, 0.1) is 11.6 Å². The van der Waals surface area contributed by atoms with Gasteiger partial charge in [-0.05, 0) is 48.9 Å². The smallest absolute Gasteiger partial charge is 0.310 e. The van der Waals surface area contributed by atoms with Gasteiger partial charge in [-0.15, -0.1) is 0 Å². The van der Waals surface area contributed by atoms with E-state index in [1.165, 1.54) is 43.3 Å². The van der Waals surface area contributed by atoms with Crippen molar-refractivity contribution in [1.82, 2.24) is 0 Å². The van der Waals surface area contributed by atoms with Crippen molar-refractivity contribution in [3.05, 3.63) is 59.7 Å². The van der Waals surface area contributed by atoms with Gasteiger partial charge in [0.1, 0.15) is 11.6 Å². The Labute approximate surface area is 114 Å². The SMILES string of the molecule is CC(C(=O)O)c1ccc(Nc2ccc(F)cc2)c(F)c1. The van der Waals surface area contributed by atoms with Gasteiger partial charge in [-0.25, -0.2) is 8.78 Å². The Morgan fingerprint density at radius 1 is 1.15 bits per heavy atom. The third kappa shape index (κ3) is 3.12. The van der Waals surface area contributed by atoms with Crippen LogP contribution in [-0.4, -0.2) is 11.1 Å². The Kier molecular flexibility index (Phi) is 3.98. The lowest BCUT2D eigenvalue weighted by molar-refractivity contribution is -0.138. The van der Waals surface area contributed by atoms with Gasteiger partial charge in [0, 0.05) is 5.69 Å². The summed E-state index contributed by atoms with van der Waals surface area (Å²) < 4.78 is 26.7. The summed E-state index contributed by atoms with van der Waals surface area (Å²) in [5.41, 5.74) is 1.14. The second kappa shape index (κ2) is 5.69. The standard InChI is InChI=1S/C15H13F2NO2/c1-9(15(19)20)10-2-7-14(13(17)8-10)18-12-5-3-11(16)4-6-12/h2-9,18H,1H3,(H,19,20). The van der Waals surface area contributed by atoms with E-state index < -0.39 is 17.7 Å². The van der Waals surface area contributed by atoms with Crippen LogP contribution in [0.3, 0.4) is 0 Å². The number of anilines is 2. The third-order valence-electron chi connectivity index (χ3n) is 2.99. The molecule has 2 aromatic carbocycles. The summed E-state index contributed by atoms with van der Waals surface area (Å²) in [5.74, 6) is -2.71. The summed E-state index contributed by atoms with van der Waals surface area (Å²) in [7, 11) is 0. The molecule has 0 saturated carbocycles. The summed E-state index contributed by atoms with van der Waals surface area (Å²) in [6.45, 7) is 1.49. The second-order valence-electron chi connectivity index (χ2n) is 4.43. The van der Waals surface area contributed by atoms with Crippen LogP contribution < -0.4 is 5.32 Å². The fourth-order valence-corrected chi connectivity index (χ4v) is 1.73. The minimum Gasteiger partial charge on any atom is -0.481 e. The van der Waals surface area contributed by atoms with Crippen molar-refractivity contribution >= 4 is 17.3 Å². The van der Waals surface area contributed by atoms with Gasteiger partial charge < -0.3 is 10.4 Å². The molecule has 0 saturated heterocycles. The minimum absolute atomic E-state index is 0.206. The van der Waals surface area contributed by atoms with Crippen molar-refractivity contribution in [3.8, 4) is 0 Å². The largest absolute Gasteiger partial charge is 0.481 e. The molecule has 3 nitrogen and oxygen atoms in total. The van der Waals surface area contributed by atoms with Crippen LogP contribution in [-0.2, 0) is 4.79 Å². The number of carbonyl (C=O) groups is 1. The van der Waals surface area contributed by atoms with E-state index in [9.17, 15) is 13.6 Å². The molecule has 0 spiro atoms. The summed E-state index contributed by atoms with van der Waals surface area (Å²) in [4.78, 5) is 10.8. The molecule has 0 radical (unpaired) electrons. The van der Waals surface area contributed by atoms with Gasteiger partial charge in [-0.2, -0.15) is 0 Å². The molecule has 104 valence electrons. The van der Waals surface area contributed by atoms with Gasteiger partial charge in [-0.3, -0.25) is 4.79 Å². The monoisotopic (exact) mass is 277 g/mol. The molecule has 0 aliphatic carbocycles. The fraction of sp³-hybridized carbons (Fsp3) is 0.133. The van der Waals surface area contributed by atoms with Crippen LogP contribution in [0.5, 0.6) is 0 Å². The van der Waals surface area contributed by atoms with Gasteiger partial charge >= 0.3 is 5.97 Å². The number of halogens is 2. The zero-order valence-electron chi connectivity index (χ0n) is 10.7. The number of rotatable bonds is 4. The zero-order valence-corrected chi connectivity index (χ0v) is 10.7. The van der Waals surface area contributed by atoms with Gasteiger partial charge in [0.15, 0.2) is 0 Å². The van der Waals surface area contributed by atoms with Crippen molar-refractivity contribution in [3.63, 3.8) is 0 Å². The van der Waals surface area contributed by atoms with Gasteiger partial charge in [0.25, 0.3) is 0 Å². The van der Waals surface area contributed by atoms with Crippen molar-refractivity contribution < 1.29 is 18.7 Å². The van der Waals surface area contributed by atoms with E-state index >= 15 is 0 Å². The molecule has 0 amide bonds. The van der Waals surface area contributed by atoms with Crippen molar-refractivity contribution in [1.29, 1.82) is 0 Å². The molecule has 0 bridgehead atoms. The highest BCUT2D eigenvalue weighted by Gasteiger charge is 2.15. The predicted octanol–water partition coefficient (Wildman–Crippen LogP) is 3.90. The van der Waals surface area contributed by atoms with Gasteiger partial charge in [-0.1, -0.05) is 6.07 Å². The van der Waals surface area contributed by atoms with Crippen molar-refractivity contribution in [2.45, 2.75) is 12.8 Å². The number of benzene rings is 2. The first-order valence-corrected chi connectivity index (χ1v) is 6.02. The quantitative estimate of drug-likeness (QED) is 0.891. The lowest BCUT2D eigenvalue weighted by Crippen LogP contribution is -2.08. The highest BCUT2D eigenvalue weighted by Crippen LogP contribution is 2.24. The average Bonchev–Trinajstić information content (AvgIpc) is 2.42. The molecular formula is C15H13F2NO2. The molecule has 2 N–H and O–H groups in total. The lowest BCUT2D eigenvalue weighted by Gasteiger charge is -2.11. The molecule has 1 atom stereocenters. The number of hydrogen-bond acceptors (Lipinski definition) is 2. The Bertz CT molecular complexity index is 626. The van der Waals surface area contributed by atoms with Crippen molar-refractivity contribution in [2.75, 3.05) is 5.32 Å². The van der Waals surface area contributed by atoms with Crippen LogP contribution in [0.4, 0.5) is 20.2 Å². The van der Waals surface area contributed by atoms with Gasteiger partial charge in [0.2, 0.25) is 0 Å². The summed E-state index contributed by atoms with van der Waals surface area (Å²) in [6.07, 6.45) is 0. The highest BCUT2D eigenvalue weighted by atomic mass is 19.1. The second-order valence-corrected chi connectivity index (χ2v) is 4.43. The number of carboxylic acid groups (broad SMARTS) is 1. The number of hydrogen-bond donors (Lipinski definition) is 2. The molecule has 0 aromatic heterocycles. The number of carboxylic acids is 1. The predicted molar refractivity (Wildman–Crippen MR) is 72.1 cm³/mol. The average molecular weight is 277 g/mol. The topological polar surface area (TPSA) is 49.3 Å². The fourth-order valence-electron chi connectivity index (χ4n) is 1.73. The van der Waals surface area contributed by atoms with E-state index in [0.717, 1.165) is 0 Å². The Morgan fingerprint density at radius 3 is 2.35 bits per heavy atom. The van der Waals surface area contributed by atoms with Gasteiger partial charge in [0.05, 0.1) is 11.6 Å². The first kappa shape index (κ1) is 14.0. The molecule has 0 aliphatic rings. The molecular weight excluding hydrogens is 264 g/mol. The zero-order chi connectivity index (χ0) is 14.7. The summed E-state index contributed by atoms with van der Waals surface area (Å²) in [5, 5.41) is 11.7. The van der Waals surface area contributed by atoms with Crippen LogP contribution in [0.25, 0.3) is 0 Å². The molecule has 5 heteroatoms.